The van der Waals surface area contributed by atoms with Gasteiger partial charge in [0, 0.05) is 37.7 Å². The summed E-state index contributed by atoms with van der Waals surface area (Å²) in [7, 11) is 0. The molecule has 1 N–H and O–H groups in total. The Morgan fingerprint density at radius 3 is 2.76 bits per heavy atom. The number of nitrogens with one attached hydrogen (secondary N) is 1. The highest BCUT2D eigenvalue weighted by Crippen LogP contribution is 2.09. The number of rotatable bonds is 9. The molecule has 2 rings (SSSR count). The van der Waals surface area contributed by atoms with Gasteiger partial charge < -0.3 is 19.4 Å². The number of aryl methyl sites for hydroxylation is 1. The van der Waals surface area contributed by atoms with Crippen molar-refractivity contribution in [3.63, 3.8) is 0 Å². The van der Waals surface area contributed by atoms with Crippen molar-refractivity contribution in [2.45, 2.75) is 39.3 Å². The second kappa shape index (κ2) is 9.17. The maximum absolute atomic E-state index is 12.1. The number of aromatic nitrogens is 3. The van der Waals surface area contributed by atoms with Crippen LogP contribution in [0.4, 0.5) is 0 Å². The van der Waals surface area contributed by atoms with Crippen LogP contribution in [-0.2, 0) is 11.3 Å². The zero-order valence-corrected chi connectivity index (χ0v) is 15.1. The normalized spacial score (nSPS) is 11.3. The third-order valence-electron chi connectivity index (χ3n) is 3.30. The van der Waals surface area contributed by atoms with Crippen molar-refractivity contribution < 1.29 is 14.3 Å². The second-order valence-corrected chi connectivity index (χ2v) is 6.60. The predicted molar refractivity (Wildman–Crippen MR) is 94.6 cm³/mol. The first kappa shape index (κ1) is 18.9. The molecule has 2 aromatic rings. The van der Waals surface area contributed by atoms with Gasteiger partial charge in [-0.2, -0.15) is 0 Å². The molecule has 1 amide bonds. The summed E-state index contributed by atoms with van der Waals surface area (Å²) in [5, 5.41) is 2.88. The van der Waals surface area contributed by atoms with Crippen LogP contribution in [0.5, 0.6) is 5.88 Å². The summed E-state index contributed by atoms with van der Waals surface area (Å²) in [6, 6.07) is 3.40. The van der Waals surface area contributed by atoms with Crippen LogP contribution in [0, 0.1) is 0 Å². The Labute approximate surface area is 148 Å². The van der Waals surface area contributed by atoms with Gasteiger partial charge >= 0.3 is 0 Å². The zero-order chi connectivity index (χ0) is 18.1. The molecule has 0 spiro atoms. The minimum Gasteiger partial charge on any atom is -0.475 e. The lowest BCUT2D eigenvalue weighted by molar-refractivity contribution is -0.0168. The average molecular weight is 346 g/mol. The molecule has 0 radical (unpaired) electrons. The fraction of sp³-hybridized carbons (Fsp3) is 0.500. The van der Waals surface area contributed by atoms with E-state index in [4.69, 9.17) is 9.47 Å². The molecule has 2 heterocycles. The highest BCUT2D eigenvalue weighted by Gasteiger charge is 2.10. The minimum absolute atomic E-state index is 0.138. The first-order valence-electron chi connectivity index (χ1n) is 8.41. The molecule has 7 nitrogen and oxygen atoms in total. The van der Waals surface area contributed by atoms with Crippen molar-refractivity contribution in [2.75, 3.05) is 19.8 Å². The molecule has 2 aromatic heterocycles. The Balaban J connectivity index is 1.67. The molecule has 0 bridgehead atoms. The average Bonchev–Trinajstić information content (AvgIpc) is 3.08. The monoisotopic (exact) mass is 346 g/mol. The van der Waals surface area contributed by atoms with Crippen LogP contribution < -0.4 is 10.1 Å². The fourth-order valence-electron chi connectivity index (χ4n) is 2.08. The lowest BCUT2D eigenvalue weighted by Crippen LogP contribution is -2.25. The standard InChI is InChI=1S/C18H26N4O3/c1-18(2,3)25-12-11-24-16-6-5-15(13-21-16)17(23)20-7-4-9-22-10-8-19-14-22/h5-6,8,10,13-14H,4,7,9,11-12H2,1-3H3,(H,20,23). The molecule has 25 heavy (non-hydrogen) atoms. The summed E-state index contributed by atoms with van der Waals surface area (Å²) >= 11 is 0. The number of carbonyl (C=O) groups excluding carboxylic acids is 1. The molecule has 0 unspecified atom stereocenters. The van der Waals surface area contributed by atoms with E-state index in [0.717, 1.165) is 13.0 Å². The first-order chi connectivity index (χ1) is 11.9. The van der Waals surface area contributed by atoms with Gasteiger partial charge in [-0.05, 0) is 33.3 Å². The number of carbonyl (C=O) groups is 1. The SMILES string of the molecule is CC(C)(C)OCCOc1ccc(C(=O)NCCCn2ccnc2)cn1. The van der Waals surface area contributed by atoms with Gasteiger partial charge in [0.25, 0.3) is 5.91 Å². The van der Waals surface area contributed by atoms with E-state index in [9.17, 15) is 4.79 Å². The van der Waals surface area contributed by atoms with Crippen LogP contribution >= 0.6 is 0 Å². The molecular formula is C18H26N4O3. The van der Waals surface area contributed by atoms with Crippen molar-refractivity contribution in [1.82, 2.24) is 19.9 Å². The van der Waals surface area contributed by atoms with Crippen molar-refractivity contribution in [3.05, 3.63) is 42.6 Å². The maximum Gasteiger partial charge on any atom is 0.252 e. The molecular weight excluding hydrogens is 320 g/mol. The number of nitrogens with zero attached hydrogens (tertiary/aromatic N) is 3. The summed E-state index contributed by atoms with van der Waals surface area (Å²) < 4.78 is 13.0. The number of hydrogen-bond donors (Lipinski definition) is 1. The third kappa shape index (κ3) is 7.34. The van der Waals surface area contributed by atoms with Crippen molar-refractivity contribution >= 4 is 5.91 Å². The molecule has 0 fully saturated rings. The second-order valence-electron chi connectivity index (χ2n) is 6.60. The third-order valence-corrected chi connectivity index (χ3v) is 3.30. The molecule has 0 saturated carbocycles. The van der Waals surface area contributed by atoms with E-state index in [-0.39, 0.29) is 11.5 Å². The van der Waals surface area contributed by atoms with Crippen molar-refractivity contribution in [1.29, 1.82) is 0 Å². The lowest BCUT2D eigenvalue weighted by atomic mass is 10.2. The lowest BCUT2D eigenvalue weighted by Gasteiger charge is -2.19. The molecule has 0 atom stereocenters. The largest absolute Gasteiger partial charge is 0.475 e. The summed E-state index contributed by atoms with van der Waals surface area (Å²) in [6.45, 7) is 8.31. The van der Waals surface area contributed by atoms with Crippen LogP contribution in [0.25, 0.3) is 0 Å². The van der Waals surface area contributed by atoms with Crippen molar-refractivity contribution in [3.8, 4) is 5.88 Å². The molecule has 0 aromatic carbocycles. The van der Waals surface area contributed by atoms with Crippen LogP contribution in [0.2, 0.25) is 0 Å². The molecule has 136 valence electrons. The molecule has 0 aliphatic heterocycles. The number of imidazole rings is 1. The predicted octanol–water partition coefficient (Wildman–Crippen LogP) is 2.29. The Kier molecular flexibility index (Phi) is 6.94. The number of ether oxygens (including phenoxy) is 2. The van der Waals surface area contributed by atoms with Crippen LogP contribution in [0.15, 0.2) is 37.1 Å². The maximum atomic E-state index is 12.1. The Morgan fingerprint density at radius 2 is 2.12 bits per heavy atom. The van der Waals surface area contributed by atoms with Gasteiger partial charge in [-0.25, -0.2) is 9.97 Å². The van der Waals surface area contributed by atoms with E-state index in [1.54, 1.807) is 24.7 Å². The topological polar surface area (TPSA) is 78.3 Å². The highest BCUT2D eigenvalue weighted by atomic mass is 16.5. The summed E-state index contributed by atoms with van der Waals surface area (Å²) in [5.74, 6) is 0.343. The smallest absolute Gasteiger partial charge is 0.252 e. The van der Waals surface area contributed by atoms with E-state index in [2.05, 4.69) is 15.3 Å². The van der Waals surface area contributed by atoms with Gasteiger partial charge in [-0.15, -0.1) is 0 Å². The van der Waals surface area contributed by atoms with Gasteiger partial charge in [0.2, 0.25) is 5.88 Å². The number of amides is 1. The Morgan fingerprint density at radius 1 is 1.28 bits per heavy atom. The van der Waals surface area contributed by atoms with Gasteiger partial charge in [-0.3, -0.25) is 4.79 Å². The summed E-state index contributed by atoms with van der Waals surface area (Å²) in [4.78, 5) is 20.2. The molecule has 0 aliphatic rings. The van der Waals surface area contributed by atoms with E-state index in [0.29, 0.717) is 31.2 Å². The van der Waals surface area contributed by atoms with Gasteiger partial charge in [0.15, 0.2) is 0 Å². The van der Waals surface area contributed by atoms with E-state index < -0.39 is 0 Å². The molecule has 0 saturated heterocycles. The van der Waals surface area contributed by atoms with Gasteiger partial charge in [0.05, 0.1) is 24.1 Å². The van der Waals surface area contributed by atoms with E-state index >= 15 is 0 Å². The Bertz CT molecular complexity index is 633. The van der Waals surface area contributed by atoms with E-state index in [1.807, 2.05) is 31.5 Å². The molecule has 0 aliphatic carbocycles. The fourth-order valence-corrected chi connectivity index (χ4v) is 2.08. The molecule has 7 heteroatoms. The van der Waals surface area contributed by atoms with Crippen LogP contribution in [0.1, 0.15) is 37.6 Å². The van der Waals surface area contributed by atoms with Crippen LogP contribution in [0.3, 0.4) is 0 Å². The van der Waals surface area contributed by atoms with Crippen LogP contribution in [-0.4, -0.2) is 45.8 Å². The highest BCUT2D eigenvalue weighted by molar-refractivity contribution is 5.93. The number of hydrogen-bond acceptors (Lipinski definition) is 5. The van der Waals surface area contributed by atoms with Gasteiger partial charge in [0.1, 0.15) is 6.61 Å². The van der Waals surface area contributed by atoms with Crippen molar-refractivity contribution in [2.24, 2.45) is 0 Å². The first-order valence-corrected chi connectivity index (χ1v) is 8.41. The van der Waals surface area contributed by atoms with Gasteiger partial charge in [-0.1, -0.05) is 0 Å². The zero-order valence-electron chi connectivity index (χ0n) is 15.1. The Hall–Kier alpha value is -2.41. The minimum atomic E-state index is -0.184. The summed E-state index contributed by atoms with van der Waals surface area (Å²) in [6.07, 6.45) is 7.76. The number of pyridine rings is 1. The summed E-state index contributed by atoms with van der Waals surface area (Å²) in [5.41, 5.74) is 0.331. The quantitative estimate of drug-likeness (QED) is 0.705. The van der Waals surface area contributed by atoms with E-state index in [1.165, 1.54) is 6.20 Å².